The lowest BCUT2D eigenvalue weighted by Gasteiger charge is -2.13. The number of ether oxygens (including phenoxy) is 2. The number of hydrogen-bond donors (Lipinski definition) is 2. The van der Waals surface area contributed by atoms with Crippen LogP contribution in [-0.4, -0.2) is 32.8 Å². The monoisotopic (exact) mass is 272 g/mol. The highest BCUT2D eigenvalue weighted by Gasteiger charge is 2.13. The van der Waals surface area contributed by atoms with Crippen LogP contribution in [0.5, 0.6) is 5.75 Å². The Morgan fingerprint density at radius 1 is 1.50 bits per heavy atom. The second-order valence-electron chi connectivity index (χ2n) is 3.74. The number of rotatable bonds is 6. The number of carbonyl (C=O) groups excluding carboxylic acids is 1. The Kier molecular flexibility index (Phi) is 5.91. The highest BCUT2D eigenvalue weighted by molar-refractivity contribution is 6.30. The third kappa shape index (κ3) is 4.18. The first-order valence-electron chi connectivity index (χ1n) is 5.43. The minimum Gasteiger partial charge on any atom is -0.496 e. The maximum atomic E-state index is 11.6. The van der Waals surface area contributed by atoms with Crippen LogP contribution in [-0.2, 0) is 16.1 Å². The molecule has 1 atom stereocenters. The zero-order valence-corrected chi connectivity index (χ0v) is 11.2. The number of methoxy groups -OCH3 is 2. The van der Waals surface area contributed by atoms with Crippen molar-refractivity contribution in [2.45, 2.75) is 12.6 Å². The molecule has 6 heteroatoms. The molecule has 0 heterocycles. The largest absolute Gasteiger partial charge is 0.496 e. The Morgan fingerprint density at radius 3 is 2.83 bits per heavy atom. The molecule has 3 N–H and O–H groups in total. The molecule has 18 heavy (non-hydrogen) atoms. The maximum Gasteiger partial charge on any atom is 0.239 e. The Hall–Kier alpha value is -1.30. The quantitative estimate of drug-likeness (QED) is 0.808. The van der Waals surface area contributed by atoms with Crippen LogP contribution >= 0.6 is 11.6 Å². The van der Waals surface area contributed by atoms with Gasteiger partial charge >= 0.3 is 0 Å². The molecular weight excluding hydrogens is 256 g/mol. The van der Waals surface area contributed by atoms with E-state index in [2.05, 4.69) is 5.32 Å². The van der Waals surface area contributed by atoms with Crippen LogP contribution in [0.4, 0.5) is 0 Å². The number of hydrogen-bond acceptors (Lipinski definition) is 4. The Morgan fingerprint density at radius 2 is 2.22 bits per heavy atom. The standard InChI is InChI=1S/C12H17ClN2O3/c1-17-7-10(14)12(16)15-6-8-3-4-9(13)5-11(8)18-2/h3-5,10H,6-7,14H2,1-2H3,(H,15,16). The average molecular weight is 273 g/mol. The topological polar surface area (TPSA) is 73.6 Å². The van der Waals surface area contributed by atoms with Crippen molar-refractivity contribution in [3.05, 3.63) is 28.8 Å². The number of amides is 1. The van der Waals surface area contributed by atoms with E-state index < -0.39 is 6.04 Å². The van der Waals surface area contributed by atoms with Crippen LogP contribution in [0.25, 0.3) is 0 Å². The van der Waals surface area contributed by atoms with E-state index in [4.69, 9.17) is 26.8 Å². The zero-order chi connectivity index (χ0) is 13.5. The summed E-state index contributed by atoms with van der Waals surface area (Å²) in [5.41, 5.74) is 6.43. The summed E-state index contributed by atoms with van der Waals surface area (Å²) in [6.45, 7) is 0.514. The lowest BCUT2D eigenvalue weighted by atomic mass is 10.2. The van der Waals surface area contributed by atoms with E-state index in [1.165, 1.54) is 7.11 Å². The molecule has 100 valence electrons. The molecule has 0 aromatic heterocycles. The molecule has 0 bridgehead atoms. The normalized spacial score (nSPS) is 12.0. The van der Waals surface area contributed by atoms with Gasteiger partial charge in [-0.25, -0.2) is 0 Å². The third-order valence-electron chi connectivity index (χ3n) is 2.39. The molecule has 0 saturated heterocycles. The van der Waals surface area contributed by atoms with Crippen LogP contribution in [0.1, 0.15) is 5.56 Å². The minimum absolute atomic E-state index is 0.184. The van der Waals surface area contributed by atoms with E-state index in [0.717, 1.165) is 5.56 Å². The zero-order valence-electron chi connectivity index (χ0n) is 10.4. The van der Waals surface area contributed by atoms with Gasteiger partial charge in [0, 0.05) is 24.2 Å². The van der Waals surface area contributed by atoms with E-state index in [1.807, 2.05) is 0 Å². The van der Waals surface area contributed by atoms with Gasteiger partial charge in [0.15, 0.2) is 0 Å². The van der Waals surface area contributed by atoms with Crippen LogP contribution in [0.15, 0.2) is 18.2 Å². The predicted molar refractivity (Wildman–Crippen MR) is 69.7 cm³/mol. The average Bonchev–Trinajstić information content (AvgIpc) is 2.37. The van der Waals surface area contributed by atoms with E-state index in [-0.39, 0.29) is 12.5 Å². The van der Waals surface area contributed by atoms with Gasteiger partial charge in [-0.05, 0) is 12.1 Å². The smallest absolute Gasteiger partial charge is 0.239 e. The molecule has 0 aliphatic heterocycles. The van der Waals surface area contributed by atoms with Crippen molar-refractivity contribution in [3.8, 4) is 5.75 Å². The van der Waals surface area contributed by atoms with Crippen molar-refractivity contribution in [3.63, 3.8) is 0 Å². The van der Waals surface area contributed by atoms with Gasteiger partial charge in [-0.15, -0.1) is 0 Å². The van der Waals surface area contributed by atoms with E-state index in [9.17, 15) is 4.79 Å². The summed E-state index contributed by atoms with van der Waals surface area (Å²) < 4.78 is 9.98. The SMILES string of the molecule is COCC(N)C(=O)NCc1ccc(Cl)cc1OC. The van der Waals surface area contributed by atoms with Crippen LogP contribution < -0.4 is 15.8 Å². The Bertz CT molecular complexity index is 412. The first-order valence-corrected chi connectivity index (χ1v) is 5.81. The Balaban J connectivity index is 2.60. The fourth-order valence-electron chi connectivity index (χ4n) is 1.43. The van der Waals surface area contributed by atoms with Crippen molar-refractivity contribution in [2.24, 2.45) is 5.73 Å². The van der Waals surface area contributed by atoms with Gasteiger partial charge in [-0.3, -0.25) is 4.79 Å². The second kappa shape index (κ2) is 7.20. The van der Waals surface area contributed by atoms with E-state index in [0.29, 0.717) is 17.3 Å². The van der Waals surface area contributed by atoms with Gasteiger partial charge in [0.05, 0.1) is 13.7 Å². The van der Waals surface area contributed by atoms with Crippen LogP contribution in [0, 0.1) is 0 Å². The van der Waals surface area contributed by atoms with Gasteiger partial charge in [0.2, 0.25) is 5.91 Å². The molecule has 0 aliphatic rings. The fraction of sp³-hybridized carbons (Fsp3) is 0.417. The van der Waals surface area contributed by atoms with Gasteiger partial charge < -0.3 is 20.5 Å². The third-order valence-corrected chi connectivity index (χ3v) is 2.62. The fourth-order valence-corrected chi connectivity index (χ4v) is 1.60. The number of nitrogens with one attached hydrogen (secondary N) is 1. The first-order chi connectivity index (χ1) is 8.58. The van der Waals surface area contributed by atoms with Crippen LogP contribution in [0.2, 0.25) is 5.02 Å². The Labute approximate surface area is 111 Å². The number of carbonyl (C=O) groups is 1. The molecule has 0 radical (unpaired) electrons. The van der Waals surface area contributed by atoms with Gasteiger partial charge in [0.1, 0.15) is 11.8 Å². The molecule has 1 amide bonds. The van der Waals surface area contributed by atoms with Crippen LogP contribution in [0.3, 0.4) is 0 Å². The van der Waals surface area contributed by atoms with Gasteiger partial charge in [0.25, 0.3) is 0 Å². The molecule has 0 spiro atoms. The van der Waals surface area contributed by atoms with Crippen molar-refractivity contribution in [1.82, 2.24) is 5.32 Å². The predicted octanol–water partition coefficient (Wildman–Crippen LogP) is 0.939. The molecule has 1 unspecified atom stereocenters. The lowest BCUT2D eigenvalue weighted by molar-refractivity contribution is -0.123. The molecule has 1 aromatic carbocycles. The summed E-state index contributed by atoms with van der Waals surface area (Å²) in [6, 6.07) is 4.55. The van der Waals surface area contributed by atoms with Crippen molar-refractivity contribution in [2.75, 3.05) is 20.8 Å². The molecular formula is C12H17ClN2O3. The second-order valence-corrected chi connectivity index (χ2v) is 4.17. The first kappa shape index (κ1) is 14.8. The summed E-state index contributed by atoms with van der Waals surface area (Å²) in [5.74, 6) is 0.358. The lowest BCUT2D eigenvalue weighted by Crippen LogP contribution is -2.43. The van der Waals surface area contributed by atoms with Gasteiger partial charge in [-0.2, -0.15) is 0 Å². The summed E-state index contributed by atoms with van der Waals surface area (Å²) in [6.07, 6.45) is 0. The molecule has 0 aliphatic carbocycles. The number of benzene rings is 1. The minimum atomic E-state index is -0.673. The van der Waals surface area contributed by atoms with Crippen molar-refractivity contribution >= 4 is 17.5 Å². The summed E-state index contributed by atoms with van der Waals surface area (Å²) >= 11 is 5.85. The number of nitrogens with two attached hydrogens (primary N) is 1. The molecule has 1 aromatic rings. The van der Waals surface area contributed by atoms with Crippen molar-refractivity contribution in [1.29, 1.82) is 0 Å². The summed E-state index contributed by atoms with van der Waals surface area (Å²) in [7, 11) is 3.04. The van der Waals surface area contributed by atoms with E-state index >= 15 is 0 Å². The maximum absolute atomic E-state index is 11.6. The molecule has 5 nitrogen and oxygen atoms in total. The summed E-state index contributed by atoms with van der Waals surface area (Å²) in [4.78, 5) is 11.6. The van der Waals surface area contributed by atoms with E-state index in [1.54, 1.807) is 25.3 Å². The van der Waals surface area contributed by atoms with Gasteiger partial charge in [-0.1, -0.05) is 17.7 Å². The molecule has 1 rings (SSSR count). The highest BCUT2D eigenvalue weighted by Crippen LogP contribution is 2.22. The molecule has 0 fully saturated rings. The summed E-state index contributed by atoms with van der Waals surface area (Å²) in [5, 5.41) is 3.29. The number of halogens is 1. The molecule has 0 saturated carbocycles. The van der Waals surface area contributed by atoms with Crippen molar-refractivity contribution < 1.29 is 14.3 Å². The highest BCUT2D eigenvalue weighted by atomic mass is 35.5.